The van der Waals surface area contributed by atoms with Crippen molar-refractivity contribution in [2.45, 2.75) is 64.3 Å². The van der Waals surface area contributed by atoms with Crippen LogP contribution in [0.1, 0.15) is 62.0 Å². The van der Waals surface area contributed by atoms with E-state index in [9.17, 15) is 22.0 Å². The Morgan fingerprint density at radius 1 is 0.872 bits per heavy atom. The van der Waals surface area contributed by atoms with Gasteiger partial charge in [-0.05, 0) is 54.0 Å². The number of hydrogen-bond donors (Lipinski definition) is 0. The SMILES string of the molecule is CCCCCCC1COC(c2ccc3c(F)c(CCc4cc(F)c(OCC(F)(F)F)c(F)c4)ccc3c2)OC1. The third-order valence-electron chi connectivity index (χ3n) is 6.88. The number of alkyl halides is 3. The van der Waals surface area contributed by atoms with E-state index in [1.807, 2.05) is 6.07 Å². The van der Waals surface area contributed by atoms with E-state index in [0.717, 1.165) is 24.1 Å². The van der Waals surface area contributed by atoms with Crippen molar-refractivity contribution in [3.63, 3.8) is 0 Å². The van der Waals surface area contributed by atoms with Crippen molar-refractivity contribution in [1.82, 2.24) is 0 Å². The minimum absolute atomic E-state index is 0.0806. The Kier molecular flexibility index (Phi) is 9.77. The molecule has 3 aromatic rings. The summed E-state index contributed by atoms with van der Waals surface area (Å²) < 4.78 is 96.7. The number of ether oxygens (including phenoxy) is 3. The second-order valence-corrected chi connectivity index (χ2v) is 10.0. The van der Waals surface area contributed by atoms with Gasteiger partial charge >= 0.3 is 6.18 Å². The van der Waals surface area contributed by atoms with Crippen LogP contribution in [0.4, 0.5) is 26.3 Å². The largest absolute Gasteiger partial charge is 0.478 e. The van der Waals surface area contributed by atoms with Gasteiger partial charge in [0.1, 0.15) is 5.82 Å². The van der Waals surface area contributed by atoms with Crippen LogP contribution >= 0.6 is 0 Å². The summed E-state index contributed by atoms with van der Waals surface area (Å²) in [4.78, 5) is 0. The maximum atomic E-state index is 15.3. The van der Waals surface area contributed by atoms with E-state index >= 15 is 4.39 Å². The summed E-state index contributed by atoms with van der Waals surface area (Å²) in [6.45, 7) is 1.63. The van der Waals surface area contributed by atoms with Crippen LogP contribution in [0.15, 0.2) is 42.5 Å². The van der Waals surface area contributed by atoms with E-state index in [1.165, 1.54) is 25.7 Å². The number of aryl methyl sites for hydroxylation is 2. The molecule has 0 aromatic heterocycles. The molecular formula is C30H32F6O3. The van der Waals surface area contributed by atoms with Gasteiger partial charge in [0.05, 0.1) is 13.2 Å². The number of benzene rings is 3. The lowest BCUT2D eigenvalue weighted by Gasteiger charge is -2.30. The van der Waals surface area contributed by atoms with Gasteiger partial charge in [0.15, 0.2) is 30.3 Å². The van der Waals surface area contributed by atoms with Crippen LogP contribution in [0.25, 0.3) is 10.8 Å². The average molecular weight is 555 g/mol. The normalized spacial score (nSPS) is 18.0. The Balaban J connectivity index is 1.37. The van der Waals surface area contributed by atoms with Crippen molar-refractivity contribution in [3.8, 4) is 5.75 Å². The molecule has 1 aliphatic rings. The van der Waals surface area contributed by atoms with Crippen molar-refractivity contribution >= 4 is 10.8 Å². The number of fused-ring (bicyclic) bond motifs is 1. The molecule has 0 saturated carbocycles. The smallest absolute Gasteiger partial charge is 0.422 e. The molecule has 0 spiro atoms. The number of halogens is 6. The Bertz CT molecular complexity index is 1230. The van der Waals surface area contributed by atoms with Crippen LogP contribution in [0.2, 0.25) is 0 Å². The highest BCUT2D eigenvalue weighted by molar-refractivity contribution is 5.84. The molecule has 212 valence electrons. The van der Waals surface area contributed by atoms with Gasteiger partial charge in [0.25, 0.3) is 0 Å². The lowest BCUT2D eigenvalue weighted by molar-refractivity contribution is -0.206. The van der Waals surface area contributed by atoms with Gasteiger partial charge in [-0.15, -0.1) is 0 Å². The van der Waals surface area contributed by atoms with E-state index in [0.29, 0.717) is 35.5 Å². The molecule has 3 aromatic carbocycles. The summed E-state index contributed by atoms with van der Waals surface area (Å²) in [5, 5.41) is 1.07. The summed E-state index contributed by atoms with van der Waals surface area (Å²) in [5.41, 5.74) is 1.33. The molecule has 1 heterocycles. The van der Waals surface area contributed by atoms with Gasteiger partial charge < -0.3 is 14.2 Å². The fraction of sp³-hybridized carbons (Fsp3) is 0.467. The fourth-order valence-corrected chi connectivity index (χ4v) is 4.78. The summed E-state index contributed by atoms with van der Waals surface area (Å²) in [5.74, 6) is -3.63. The molecule has 0 bridgehead atoms. The van der Waals surface area contributed by atoms with E-state index in [4.69, 9.17) is 9.47 Å². The van der Waals surface area contributed by atoms with Gasteiger partial charge in [-0.2, -0.15) is 13.2 Å². The first-order chi connectivity index (χ1) is 18.6. The second-order valence-electron chi connectivity index (χ2n) is 10.0. The predicted octanol–water partition coefficient (Wildman–Crippen LogP) is 8.62. The first kappa shape index (κ1) is 29.2. The molecule has 0 N–H and O–H groups in total. The number of hydrogen-bond acceptors (Lipinski definition) is 3. The molecule has 9 heteroatoms. The highest BCUT2D eigenvalue weighted by Crippen LogP contribution is 2.32. The molecule has 0 radical (unpaired) electrons. The van der Waals surface area contributed by atoms with E-state index < -0.39 is 42.3 Å². The van der Waals surface area contributed by atoms with Crippen LogP contribution in [0.3, 0.4) is 0 Å². The third kappa shape index (κ3) is 7.88. The lowest BCUT2D eigenvalue weighted by Crippen LogP contribution is -2.27. The first-order valence-corrected chi connectivity index (χ1v) is 13.3. The van der Waals surface area contributed by atoms with Gasteiger partial charge in [-0.1, -0.05) is 56.9 Å². The molecular weight excluding hydrogens is 522 g/mol. The minimum atomic E-state index is -4.72. The Morgan fingerprint density at radius 2 is 1.59 bits per heavy atom. The van der Waals surface area contributed by atoms with Crippen molar-refractivity contribution < 1.29 is 40.6 Å². The Morgan fingerprint density at radius 3 is 2.26 bits per heavy atom. The topological polar surface area (TPSA) is 27.7 Å². The molecule has 0 aliphatic carbocycles. The van der Waals surface area contributed by atoms with Crippen LogP contribution < -0.4 is 4.74 Å². The van der Waals surface area contributed by atoms with Crippen LogP contribution in [0.5, 0.6) is 5.75 Å². The monoisotopic (exact) mass is 554 g/mol. The molecule has 0 atom stereocenters. The number of rotatable bonds is 11. The van der Waals surface area contributed by atoms with E-state index in [2.05, 4.69) is 11.7 Å². The Hall–Kier alpha value is -2.78. The zero-order chi connectivity index (χ0) is 28.0. The molecule has 39 heavy (non-hydrogen) atoms. The summed E-state index contributed by atoms with van der Waals surface area (Å²) in [7, 11) is 0. The molecule has 0 unspecified atom stereocenters. The zero-order valence-electron chi connectivity index (χ0n) is 21.8. The van der Waals surface area contributed by atoms with Gasteiger partial charge in [0.2, 0.25) is 0 Å². The molecule has 1 saturated heterocycles. The standard InChI is InChI=1S/C30H32F6O3/c1-2-3-4-5-6-20-16-37-29(38-17-20)23-11-12-24-22(15-23)10-9-21(27(24)33)8-7-19-13-25(31)28(26(32)14-19)39-18-30(34,35)36/h9-15,20,29H,2-8,16-18H2,1H3. The van der Waals surface area contributed by atoms with Crippen molar-refractivity contribution in [2.24, 2.45) is 5.92 Å². The van der Waals surface area contributed by atoms with Crippen molar-refractivity contribution in [3.05, 3.63) is 76.6 Å². The lowest BCUT2D eigenvalue weighted by atomic mass is 9.98. The fourth-order valence-electron chi connectivity index (χ4n) is 4.78. The molecule has 4 rings (SSSR count). The molecule has 1 aliphatic heterocycles. The number of unbranched alkanes of at least 4 members (excludes halogenated alkanes) is 3. The highest BCUT2D eigenvalue weighted by atomic mass is 19.4. The summed E-state index contributed by atoms with van der Waals surface area (Å²) >= 11 is 0. The highest BCUT2D eigenvalue weighted by Gasteiger charge is 2.30. The maximum Gasteiger partial charge on any atom is 0.422 e. The van der Waals surface area contributed by atoms with Crippen LogP contribution in [0, 0.1) is 23.4 Å². The van der Waals surface area contributed by atoms with E-state index in [-0.39, 0.29) is 18.4 Å². The first-order valence-electron chi connectivity index (χ1n) is 13.3. The van der Waals surface area contributed by atoms with Gasteiger partial charge in [-0.25, -0.2) is 13.2 Å². The van der Waals surface area contributed by atoms with Gasteiger partial charge in [-0.3, -0.25) is 0 Å². The molecule has 1 fully saturated rings. The van der Waals surface area contributed by atoms with Crippen LogP contribution in [-0.2, 0) is 22.3 Å². The quantitative estimate of drug-likeness (QED) is 0.175. The molecule has 0 amide bonds. The minimum Gasteiger partial charge on any atom is -0.478 e. The second kappa shape index (κ2) is 13.0. The van der Waals surface area contributed by atoms with Crippen molar-refractivity contribution in [2.75, 3.05) is 19.8 Å². The predicted molar refractivity (Wildman–Crippen MR) is 136 cm³/mol. The summed E-state index contributed by atoms with van der Waals surface area (Å²) in [6, 6.07) is 10.5. The van der Waals surface area contributed by atoms with Crippen molar-refractivity contribution in [1.29, 1.82) is 0 Å². The third-order valence-corrected chi connectivity index (χ3v) is 6.88. The zero-order valence-corrected chi connectivity index (χ0v) is 21.8. The van der Waals surface area contributed by atoms with Crippen LogP contribution in [-0.4, -0.2) is 26.0 Å². The maximum absolute atomic E-state index is 15.3. The average Bonchev–Trinajstić information content (AvgIpc) is 2.90. The molecule has 3 nitrogen and oxygen atoms in total. The van der Waals surface area contributed by atoms with Gasteiger partial charge in [0, 0.05) is 16.9 Å². The summed E-state index contributed by atoms with van der Waals surface area (Å²) in [6.07, 6.45) is 0.888. The Labute approximate surface area is 224 Å². The van der Waals surface area contributed by atoms with E-state index in [1.54, 1.807) is 24.3 Å².